The number of aliphatic hydroxyl groups is 5. The van der Waals surface area contributed by atoms with Crippen LogP contribution in [-0.4, -0.2) is 122 Å². The summed E-state index contributed by atoms with van der Waals surface area (Å²) < 4.78 is 71.5. The lowest BCUT2D eigenvalue weighted by Gasteiger charge is -2.46. The summed E-state index contributed by atoms with van der Waals surface area (Å²) in [6.07, 6.45) is 55.9. The number of phosphoric ester groups is 2. The fourth-order valence-corrected chi connectivity index (χ4v) is 16.4. The molecule has 0 aromatic carbocycles. The molecule has 0 aromatic rings. The van der Waals surface area contributed by atoms with Crippen LogP contribution in [0.2, 0.25) is 0 Å². The maximum absolute atomic E-state index is 15.6. The molecule has 119 heavy (non-hydrogen) atoms. The van der Waals surface area contributed by atoms with Crippen LogP contribution in [0.25, 0.3) is 0 Å². The van der Waals surface area contributed by atoms with Crippen molar-refractivity contribution in [2.45, 2.75) is 405 Å². The highest BCUT2D eigenvalue weighted by atomic mass is 31.3. The Morgan fingerprint density at radius 1 is 0.370 bits per heavy atom. The molecule has 2 heterocycles. The molecule has 0 aliphatic carbocycles. The number of rotatable bonds is 61. The number of hydrogen-bond acceptors (Lipinski definition) is 14. The van der Waals surface area contributed by atoms with Gasteiger partial charge in [-0.15, -0.1) is 0 Å². The van der Waals surface area contributed by atoms with Gasteiger partial charge in [0, 0.05) is 6.92 Å². The summed E-state index contributed by atoms with van der Waals surface area (Å²) in [7, 11) is -10.9. The van der Waals surface area contributed by atoms with Crippen molar-refractivity contribution in [2.24, 2.45) is 5.92 Å². The Balaban J connectivity index is 1.58. The topological polar surface area (TPSA) is 260 Å². The van der Waals surface area contributed by atoms with E-state index in [0.29, 0.717) is 6.42 Å². The third kappa shape index (κ3) is 53.9. The third-order valence-corrected chi connectivity index (χ3v) is 24.9. The molecule has 2 fully saturated rings. The van der Waals surface area contributed by atoms with Gasteiger partial charge >= 0.3 is 15.6 Å². The number of halogens is 1. The van der Waals surface area contributed by atoms with Gasteiger partial charge in [0.05, 0.1) is 19.8 Å². The monoisotopic (exact) mass is 1700 g/mol. The molecule has 17 nitrogen and oxygen atoms in total. The van der Waals surface area contributed by atoms with Crippen LogP contribution in [0.3, 0.4) is 0 Å². The number of amides is 1. The molecule has 3 unspecified atom stereocenters. The number of ether oxygens (including phenoxy) is 3. The Hall–Kier alpha value is -4.82. The third-order valence-electron chi connectivity index (χ3n) is 22.3. The Labute approximate surface area is 721 Å². The lowest BCUT2D eigenvalue weighted by molar-refractivity contribution is -0.332. The van der Waals surface area contributed by atoms with Crippen molar-refractivity contribution in [3.05, 3.63) is 186 Å². The zero-order valence-corrected chi connectivity index (χ0v) is 78.9. The van der Waals surface area contributed by atoms with Crippen molar-refractivity contribution < 1.29 is 81.2 Å². The normalized spacial score (nSPS) is 23.3. The summed E-state index contributed by atoms with van der Waals surface area (Å²) in [5.74, 6) is -0.675. The maximum Gasteiger partial charge on any atom is 0.483 e. The summed E-state index contributed by atoms with van der Waals surface area (Å²) in [4.78, 5) is 32.5. The molecule has 20 heteroatoms. The fourth-order valence-electron chi connectivity index (χ4n) is 14.2. The van der Waals surface area contributed by atoms with Crippen LogP contribution in [-0.2, 0) is 41.5 Å². The number of nitrogens with one attached hydrogen (secondary N) is 1. The van der Waals surface area contributed by atoms with Gasteiger partial charge in [0.15, 0.2) is 12.5 Å². The van der Waals surface area contributed by atoms with Crippen LogP contribution in [0.1, 0.15) is 343 Å². The number of carbonyl (C=O) groups is 1. The molecule has 2 rings (SSSR count). The van der Waals surface area contributed by atoms with Gasteiger partial charge in [-0.25, -0.2) is 13.5 Å². The summed E-state index contributed by atoms with van der Waals surface area (Å²) in [6.45, 7) is 39.2. The first-order valence-electron chi connectivity index (χ1n) is 44.6. The minimum Gasteiger partial charge on any atom is -0.394 e. The molecule has 0 aromatic heterocycles. The minimum atomic E-state index is -5.66. The summed E-state index contributed by atoms with van der Waals surface area (Å²) in [5.41, 5.74) is 23.5. The summed E-state index contributed by atoms with van der Waals surface area (Å²) in [5, 5.41) is 53.7. The van der Waals surface area contributed by atoms with Gasteiger partial charge in [-0.3, -0.25) is 13.8 Å². The second-order valence-corrected chi connectivity index (χ2v) is 37.7. The zero-order chi connectivity index (χ0) is 88.9. The van der Waals surface area contributed by atoms with Crippen LogP contribution in [0.15, 0.2) is 186 Å². The standard InChI is InChI=1S/C99H164FNO16P2/c1-72(2)36-20-37-73(3)38-21-39-74(4)40-22-41-75(5)42-23-43-76(6)44-24-45-77(7)46-25-47-78(8)48-26-49-79(9)50-27-51-80(10)52-28-53-81(11)54-29-55-82(12)56-30-57-83(13)58-31-59-84(14)60-32-61-85(15)62-33-63-86(16)64-34-65-87(17)66-35-67-88(18)68-69-112-118(108,109)117-119(110,111)116-98-92(100)95(106)97(91(71-103)114-98)115-99-93(101-89(19)104)96(107)94(105)90(70-102)113-99/h36,38,40,42,44,46,48,50,52,54,56,58,60,62,64,66,88,90-99,102-103,105-107H,20-35,37,39,41,43,45,47,49,51,53,55,57,59,61,63,65,67-71H2,1-19H3,(H,101,104)(H,108,109)(H,110,111)/b73-38+,74-40+,75-42+,76-44+,77-46+,78-48+,79-50+,80-52+,81-54+,82-56+,83-58+,84-60+,85-62+,86-64+,87-66+/t88?,90-,91-,92-,93-,94-,95-,96-,97-,98-,99+/m1/s1. The molecular formula is C99H164FNO16P2. The van der Waals surface area contributed by atoms with Gasteiger partial charge < -0.3 is 54.8 Å². The van der Waals surface area contributed by atoms with Crippen molar-refractivity contribution in [1.29, 1.82) is 0 Å². The first kappa shape index (κ1) is 110. The minimum absolute atomic E-state index is 0.0263. The van der Waals surface area contributed by atoms with E-state index < -0.39 is 96.2 Å². The highest BCUT2D eigenvalue weighted by Gasteiger charge is 2.54. The fraction of sp³-hybridized carbons (Fsp3) is 0.667. The predicted octanol–water partition coefficient (Wildman–Crippen LogP) is 25.7. The van der Waals surface area contributed by atoms with Crippen LogP contribution >= 0.6 is 15.6 Å². The molecule has 0 spiro atoms. The second kappa shape index (κ2) is 63.2. The Kier molecular flexibility index (Phi) is 58.5. The Morgan fingerprint density at radius 2 is 0.630 bits per heavy atom. The van der Waals surface area contributed by atoms with Gasteiger partial charge in [0.2, 0.25) is 12.2 Å². The molecule has 0 radical (unpaired) electrons. The lowest BCUT2D eigenvalue weighted by Crippen LogP contribution is -2.67. The zero-order valence-electron chi connectivity index (χ0n) is 77.1. The van der Waals surface area contributed by atoms with Gasteiger partial charge in [-0.2, -0.15) is 4.31 Å². The number of phosphoric acid groups is 2. The molecule has 2 saturated heterocycles. The molecule has 8 N–H and O–H groups in total. The van der Waals surface area contributed by atoms with Crippen LogP contribution < -0.4 is 5.32 Å². The van der Waals surface area contributed by atoms with Gasteiger partial charge in [-0.05, 0) is 336 Å². The molecule has 0 bridgehead atoms. The first-order valence-corrected chi connectivity index (χ1v) is 47.6. The molecule has 678 valence electrons. The average molecular weight is 1710 g/mol. The number of allylic oxidation sites excluding steroid dienone is 32. The van der Waals surface area contributed by atoms with Gasteiger partial charge in [-0.1, -0.05) is 193 Å². The van der Waals surface area contributed by atoms with E-state index >= 15 is 4.39 Å². The van der Waals surface area contributed by atoms with E-state index in [-0.39, 0.29) is 12.5 Å². The van der Waals surface area contributed by atoms with E-state index in [1.165, 1.54) is 102 Å². The van der Waals surface area contributed by atoms with E-state index in [1.54, 1.807) is 0 Å². The summed E-state index contributed by atoms with van der Waals surface area (Å²) in [6, 6.07) is -1.51. The molecule has 1 amide bonds. The van der Waals surface area contributed by atoms with E-state index in [4.69, 9.17) is 23.3 Å². The number of hydrogen-bond donors (Lipinski definition) is 8. The van der Waals surface area contributed by atoms with Crippen LogP contribution in [0.4, 0.5) is 4.39 Å². The number of aliphatic hydroxyl groups excluding tert-OH is 5. The number of carbonyl (C=O) groups excluding carboxylic acids is 1. The van der Waals surface area contributed by atoms with Crippen LogP contribution in [0.5, 0.6) is 0 Å². The first-order chi connectivity index (χ1) is 56.3. The maximum atomic E-state index is 15.6. The quantitative estimate of drug-likeness (QED) is 0.0208. The lowest BCUT2D eigenvalue weighted by atomic mass is 9.95. The van der Waals surface area contributed by atoms with Crippen molar-refractivity contribution in [1.82, 2.24) is 5.32 Å². The molecule has 13 atom stereocenters. The van der Waals surface area contributed by atoms with Gasteiger partial charge in [0.25, 0.3) is 0 Å². The SMILES string of the molecule is CC(=O)N[C@H]1[C@H](O[C@H]2[C@H](O)[C@@H](F)[C@@H](OP(=O)(O)OP(=O)(O)OCCC(C)CC/C=C(\C)CC/C=C(\C)CC/C=C(\C)CC/C=C(\C)CC/C=C(\C)CC/C=C(\C)CC/C=C(\C)CC/C=C(\C)CC/C=C(\C)CC/C=C(\C)CC/C=C(\C)CC/C=C(\C)CC/C=C(\C)CC/C=C(\C)CC/C=C(\C)CCC=C(C)C)O[C@@H]2CO)O[C@H](CO)[C@@H](O)[C@@H]1O. The highest BCUT2D eigenvalue weighted by molar-refractivity contribution is 7.61. The smallest absolute Gasteiger partial charge is 0.394 e. The van der Waals surface area contributed by atoms with Crippen molar-refractivity contribution in [2.75, 3.05) is 19.8 Å². The largest absolute Gasteiger partial charge is 0.483 e. The highest BCUT2D eigenvalue weighted by Crippen LogP contribution is 2.61. The van der Waals surface area contributed by atoms with Crippen LogP contribution in [0, 0.1) is 5.92 Å². The molecular weight excluding hydrogens is 1540 g/mol. The van der Waals surface area contributed by atoms with E-state index in [9.17, 15) is 49.2 Å². The van der Waals surface area contributed by atoms with E-state index in [2.05, 4.69) is 225 Å². The van der Waals surface area contributed by atoms with Crippen molar-refractivity contribution in [3.63, 3.8) is 0 Å². The summed E-state index contributed by atoms with van der Waals surface area (Å²) >= 11 is 0. The molecule has 2 aliphatic heterocycles. The van der Waals surface area contributed by atoms with E-state index in [0.717, 1.165) is 200 Å². The predicted molar refractivity (Wildman–Crippen MR) is 492 cm³/mol. The van der Waals surface area contributed by atoms with Crippen molar-refractivity contribution in [3.8, 4) is 0 Å². The Morgan fingerprint density at radius 3 is 0.891 bits per heavy atom. The number of alkyl halides is 1. The Bertz CT molecular complexity index is 3590. The van der Waals surface area contributed by atoms with Crippen molar-refractivity contribution >= 4 is 21.6 Å². The molecule has 0 saturated carbocycles. The van der Waals surface area contributed by atoms with E-state index in [1.807, 2.05) is 6.92 Å². The second-order valence-electron chi connectivity index (χ2n) is 34.7. The average Bonchev–Trinajstić information content (AvgIpc) is 0.779. The van der Waals surface area contributed by atoms with Gasteiger partial charge in [0.1, 0.15) is 42.7 Å². The molecule has 2 aliphatic rings.